The Morgan fingerprint density at radius 3 is 1.88 bits per heavy atom. The van der Waals surface area contributed by atoms with Crippen molar-refractivity contribution < 1.29 is 9.59 Å². The van der Waals surface area contributed by atoms with Crippen molar-refractivity contribution in [2.45, 2.75) is 33.4 Å². The van der Waals surface area contributed by atoms with E-state index in [9.17, 15) is 9.59 Å². The summed E-state index contributed by atoms with van der Waals surface area (Å²) in [5.74, 6) is 0.0107. The lowest BCUT2D eigenvalue weighted by atomic mass is 10.1. The minimum Gasteiger partial charge on any atom is -0.352 e. The Morgan fingerprint density at radius 1 is 1.00 bits per heavy atom. The first-order chi connectivity index (χ1) is 8.11. The van der Waals surface area contributed by atoms with Crippen molar-refractivity contribution in [2.24, 2.45) is 0 Å². The second kappa shape index (κ2) is 6.68. The molecule has 4 heteroatoms. The quantitative estimate of drug-likeness (QED) is 0.808. The molecule has 0 saturated carbocycles. The topological polar surface area (TPSA) is 58.2 Å². The maximum Gasteiger partial charge on any atom is 0.219 e. The van der Waals surface area contributed by atoms with Crippen molar-refractivity contribution >= 4 is 11.8 Å². The van der Waals surface area contributed by atoms with Gasteiger partial charge in [-0.15, -0.1) is 0 Å². The molecule has 0 aliphatic carbocycles. The molecule has 17 heavy (non-hydrogen) atoms. The Labute approximate surface area is 101 Å². The minimum absolute atomic E-state index is 0.0377. The van der Waals surface area contributed by atoms with Crippen LogP contribution >= 0.6 is 0 Å². The molecule has 1 rings (SSSR count). The summed E-state index contributed by atoms with van der Waals surface area (Å²) >= 11 is 0. The molecule has 0 fully saturated rings. The SMILES string of the molecule is CCC(=O)NCc1ccc(CNC(C)=O)cc1. The van der Waals surface area contributed by atoms with Gasteiger partial charge in [-0.25, -0.2) is 0 Å². The molecule has 4 nitrogen and oxygen atoms in total. The van der Waals surface area contributed by atoms with E-state index in [-0.39, 0.29) is 11.8 Å². The molecule has 0 heterocycles. The fourth-order valence-corrected chi connectivity index (χ4v) is 1.33. The third-order valence-corrected chi connectivity index (χ3v) is 2.38. The van der Waals surface area contributed by atoms with Gasteiger partial charge < -0.3 is 10.6 Å². The van der Waals surface area contributed by atoms with E-state index in [1.165, 1.54) is 6.92 Å². The van der Waals surface area contributed by atoms with Crippen molar-refractivity contribution in [1.29, 1.82) is 0 Å². The van der Waals surface area contributed by atoms with Crippen LogP contribution in [0.5, 0.6) is 0 Å². The van der Waals surface area contributed by atoms with Crippen LogP contribution in [-0.4, -0.2) is 11.8 Å². The number of hydrogen-bond donors (Lipinski definition) is 2. The first-order valence-electron chi connectivity index (χ1n) is 5.70. The Balaban J connectivity index is 2.44. The molecule has 0 radical (unpaired) electrons. The van der Waals surface area contributed by atoms with Crippen LogP contribution in [0.1, 0.15) is 31.4 Å². The zero-order valence-electron chi connectivity index (χ0n) is 10.2. The van der Waals surface area contributed by atoms with E-state index in [4.69, 9.17) is 0 Å². The number of nitrogens with one attached hydrogen (secondary N) is 2. The molecule has 0 spiro atoms. The Hall–Kier alpha value is -1.84. The average molecular weight is 234 g/mol. The Bertz CT molecular complexity index is 385. The lowest BCUT2D eigenvalue weighted by Gasteiger charge is -2.06. The maximum atomic E-state index is 11.1. The van der Waals surface area contributed by atoms with E-state index in [1.807, 2.05) is 31.2 Å². The lowest BCUT2D eigenvalue weighted by Crippen LogP contribution is -2.21. The zero-order valence-corrected chi connectivity index (χ0v) is 10.2. The molecule has 0 unspecified atom stereocenters. The Kier molecular flexibility index (Phi) is 5.20. The highest BCUT2D eigenvalue weighted by Crippen LogP contribution is 2.04. The summed E-state index contributed by atoms with van der Waals surface area (Å²) in [5.41, 5.74) is 2.10. The lowest BCUT2D eigenvalue weighted by molar-refractivity contribution is -0.121. The summed E-state index contributed by atoms with van der Waals surface area (Å²) in [4.78, 5) is 21.8. The molecule has 0 atom stereocenters. The molecule has 0 bridgehead atoms. The van der Waals surface area contributed by atoms with Crippen LogP contribution < -0.4 is 10.6 Å². The van der Waals surface area contributed by atoms with Crippen LogP contribution in [0.2, 0.25) is 0 Å². The minimum atomic E-state index is -0.0377. The van der Waals surface area contributed by atoms with Crippen LogP contribution in [0.25, 0.3) is 0 Å². The molecule has 2 N–H and O–H groups in total. The number of carbonyl (C=O) groups is 2. The highest BCUT2D eigenvalue weighted by molar-refractivity contribution is 5.75. The van der Waals surface area contributed by atoms with Gasteiger partial charge in [0, 0.05) is 26.4 Å². The van der Waals surface area contributed by atoms with Crippen molar-refractivity contribution in [1.82, 2.24) is 10.6 Å². The number of amides is 2. The molecule has 0 aromatic heterocycles. The van der Waals surface area contributed by atoms with Gasteiger partial charge in [-0.05, 0) is 11.1 Å². The average Bonchev–Trinajstić information content (AvgIpc) is 2.34. The second-order valence-electron chi connectivity index (χ2n) is 3.86. The molecule has 0 saturated heterocycles. The normalized spacial score (nSPS) is 9.76. The fourth-order valence-electron chi connectivity index (χ4n) is 1.33. The number of carbonyl (C=O) groups excluding carboxylic acids is 2. The summed E-state index contributed by atoms with van der Waals surface area (Å²) in [7, 11) is 0. The van der Waals surface area contributed by atoms with Crippen molar-refractivity contribution in [3.8, 4) is 0 Å². The predicted molar refractivity (Wildman–Crippen MR) is 66.1 cm³/mol. The molecule has 2 amide bonds. The predicted octanol–water partition coefficient (Wildman–Crippen LogP) is 1.35. The first kappa shape index (κ1) is 13.2. The van der Waals surface area contributed by atoms with Gasteiger partial charge in [0.15, 0.2) is 0 Å². The van der Waals surface area contributed by atoms with E-state index < -0.39 is 0 Å². The number of hydrogen-bond acceptors (Lipinski definition) is 2. The molecule has 0 aliphatic heterocycles. The zero-order chi connectivity index (χ0) is 12.7. The largest absolute Gasteiger partial charge is 0.352 e. The van der Waals surface area contributed by atoms with Gasteiger partial charge in [0.2, 0.25) is 11.8 Å². The Morgan fingerprint density at radius 2 is 1.47 bits per heavy atom. The van der Waals surface area contributed by atoms with Crippen LogP contribution in [0.15, 0.2) is 24.3 Å². The van der Waals surface area contributed by atoms with Gasteiger partial charge >= 0.3 is 0 Å². The van der Waals surface area contributed by atoms with Crippen molar-refractivity contribution in [3.63, 3.8) is 0 Å². The summed E-state index contributed by atoms with van der Waals surface area (Å²) in [6, 6.07) is 7.80. The van der Waals surface area contributed by atoms with E-state index in [1.54, 1.807) is 0 Å². The molecule has 92 valence electrons. The summed E-state index contributed by atoms with van der Waals surface area (Å²) in [6.07, 6.45) is 0.501. The third-order valence-electron chi connectivity index (χ3n) is 2.38. The maximum absolute atomic E-state index is 11.1. The van der Waals surface area contributed by atoms with Gasteiger partial charge in [-0.2, -0.15) is 0 Å². The molecule has 0 aliphatic rings. The standard InChI is InChI=1S/C13H18N2O2/c1-3-13(17)15-9-12-6-4-11(5-7-12)8-14-10(2)16/h4-7H,3,8-9H2,1-2H3,(H,14,16)(H,15,17). The van der Waals surface area contributed by atoms with Crippen LogP contribution in [0, 0.1) is 0 Å². The van der Waals surface area contributed by atoms with Crippen LogP contribution in [-0.2, 0) is 22.7 Å². The van der Waals surface area contributed by atoms with E-state index in [0.717, 1.165) is 11.1 Å². The van der Waals surface area contributed by atoms with Gasteiger partial charge in [0.25, 0.3) is 0 Å². The molecule has 1 aromatic rings. The first-order valence-corrected chi connectivity index (χ1v) is 5.70. The van der Waals surface area contributed by atoms with E-state index >= 15 is 0 Å². The summed E-state index contributed by atoms with van der Waals surface area (Å²) in [6.45, 7) is 4.41. The van der Waals surface area contributed by atoms with Crippen molar-refractivity contribution in [3.05, 3.63) is 35.4 Å². The third kappa shape index (κ3) is 5.15. The monoisotopic (exact) mass is 234 g/mol. The second-order valence-corrected chi connectivity index (χ2v) is 3.86. The highest BCUT2D eigenvalue weighted by atomic mass is 16.2. The van der Waals surface area contributed by atoms with Crippen molar-refractivity contribution in [2.75, 3.05) is 0 Å². The highest BCUT2D eigenvalue weighted by Gasteiger charge is 1.98. The molecular weight excluding hydrogens is 216 g/mol. The van der Waals surface area contributed by atoms with E-state index in [0.29, 0.717) is 19.5 Å². The molecular formula is C13H18N2O2. The van der Waals surface area contributed by atoms with Gasteiger partial charge in [0.05, 0.1) is 0 Å². The number of rotatable bonds is 5. The van der Waals surface area contributed by atoms with Crippen LogP contribution in [0.3, 0.4) is 0 Å². The number of benzene rings is 1. The van der Waals surface area contributed by atoms with Gasteiger partial charge in [0.1, 0.15) is 0 Å². The summed E-state index contributed by atoms with van der Waals surface area (Å²) < 4.78 is 0. The van der Waals surface area contributed by atoms with E-state index in [2.05, 4.69) is 10.6 Å². The van der Waals surface area contributed by atoms with Gasteiger partial charge in [-0.1, -0.05) is 31.2 Å². The van der Waals surface area contributed by atoms with Gasteiger partial charge in [-0.3, -0.25) is 9.59 Å². The summed E-state index contributed by atoms with van der Waals surface area (Å²) in [5, 5.41) is 5.54. The van der Waals surface area contributed by atoms with Crippen LogP contribution in [0.4, 0.5) is 0 Å². The fraction of sp³-hybridized carbons (Fsp3) is 0.385. The smallest absolute Gasteiger partial charge is 0.219 e. The molecule has 1 aromatic carbocycles.